The molecule has 1 unspecified atom stereocenters. The van der Waals surface area contributed by atoms with Gasteiger partial charge in [0, 0.05) is 12.1 Å². The number of hydrogen-bond donors (Lipinski definition) is 2. The molecule has 18 heavy (non-hydrogen) atoms. The first-order valence-corrected chi connectivity index (χ1v) is 5.21. The number of carboxylic acids is 1. The zero-order chi connectivity index (χ0) is 14.1. The third-order valence-corrected chi connectivity index (χ3v) is 2.66. The summed E-state index contributed by atoms with van der Waals surface area (Å²) in [6.07, 6.45) is -2.04. The molecule has 0 saturated carbocycles. The van der Waals surface area contributed by atoms with Crippen molar-refractivity contribution < 1.29 is 28.2 Å². The molecule has 3 nitrogen and oxygen atoms in total. The Morgan fingerprint density at radius 3 is 2.11 bits per heavy atom. The van der Waals surface area contributed by atoms with Crippen LogP contribution in [0.2, 0.25) is 0 Å². The van der Waals surface area contributed by atoms with E-state index in [0.29, 0.717) is 12.1 Å². The van der Waals surface area contributed by atoms with E-state index in [2.05, 4.69) is 0 Å². The molecule has 1 rings (SSSR count). The highest BCUT2D eigenvalue weighted by molar-refractivity contribution is 5.73. The van der Waals surface area contributed by atoms with E-state index in [1.165, 1.54) is 13.8 Å². The van der Waals surface area contributed by atoms with E-state index in [1.54, 1.807) is 0 Å². The minimum Gasteiger partial charge on any atom is -0.481 e. The van der Waals surface area contributed by atoms with E-state index >= 15 is 0 Å². The number of aliphatic carboxylic acids is 1. The Morgan fingerprint density at radius 2 is 1.72 bits per heavy atom. The molecule has 0 heterocycles. The number of carboxylic acid groups (broad SMARTS) is 1. The fourth-order valence-corrected chi connectivity index (χ4v) is 1.54. The number of halogens is 3. The smallest absolute Gasteiger partial charge is 0.309 e. The number of benzene rings is 1. The van der Waals surface area contributed by atoms with Crippen molar-refractivity contribution in [2.45, 2.75) is 26.4 Å². The average molecular weight is 262 g/mol. The molecule has 0 fully saturated rings. The Bertz CT molecular complexity index is 449. The quantitative estimate of drug-likeness (QED) is 0.877. The van der Waals surface area contributed by atoms with Crippen molar-refractivity contribution in [3.63, 3.8) is 0 Å². The zero-order valence-corrected chi connectivity index (χ0v) is 9.88. The summed E-state index contributed by atoms with van der Waals surface area (Å²) >= 11 is 0. The molecule has 0 saturated heterocycles. The second-order valence-corrected chi connectivity index (χ2v) is 4.69. The maximum absolute atomic E-state index is 13.4. The molecule has 0 bridgehead atoms. The molecular formula is C12H13F3O3. The van der Waals surface area contributed by atoms with E-state index in [4.69, 9.17) is 5.11 Å². The highest BCUT2D eigenvalue weighted by Crippen LogP contribution is 2.32. The van der Waals surface area contributed by atoms with Crippen LogP contribution in [0.3, 0.4) is 0 Å². The van der Waals surface area contributed by atoms with Gasteiger partial charge in [-0.25, -0.2) is 13.2 Å². The lowest BCUT2D eigenvalue weighted by atomic mass is 9.84. The van der Waals surface area contributed by atoms with E-state index in [0.717, 1.165) is 0 Å². The predicted molar refractivity (Wildman–Crippen MR) is 57.3 cm³/mol. The Kier molecular flexibility index (Phi) is 4.01. The highest BCUT2D eigenvalue weighted by atomic mass is 19.1. The van der Waals surface area contributed by atoms with Crippen LogP contribution < -0.4 is 0 Å². The molecule has 0 aliphatic carbocycles. The number of aliphatic hydroxyl groups is 1. The van der Waals surface area contributed by atoms with Gasteiger partial charge in [-0.3, -0.25) is 4.79 Å². The first-order valence-electron chi connectivity index (χ1n) is 5.21. The van der Waals surface area contributed by atoms with E-state index in [-0.39, 0.29) is 6.42 Å². The van der Waals surface area contributed by atoms with Crippen molar-refractivity contribution in [1.82, 2.24) is 0 Å². The standard InChI is InChI=1S/C12H13F3O3/c1-12(2,11(17)18)5-9(16)10-7(14)3-6(13)4-8(10)15/h3-4,9,16H,5H2,1-2H3,(H,17,18). The maximum Gasteiger partial charge on any atom is 0.309 e. The van der Waals surface area contributed by atoms with Crippen LogP contribution in [0.1, 0.15) is 31.9 Å². The summed E-state index contributed by atoms with van der Waals surface area (Å²) < 4.78 is 39.4. The third-order valence-electron chi connectivity index (χ3n) is 2.66. The van der Waals surface area contributed by atoms with Gasteiger partial charge in [0.25, 0.3) is 0 Å². The molecular weight excluding hydrogens is 249 g/mol. The number of hydrogen-bond acceptors (Lipinski definition) is 2. The van der Waals surface area contributed by atoms with Crippen LogP contribution >= 0.6 is 0 Å². The predicted octanol–water partition coefficient (Wildman–Crippen LogP) is 2.64. The van der Waals surface area contributed by atoms with Gasteiger partial charge in [0.05, 0.1) is 17.1 Å². The van der Waals surface area contributed by atoms with Gasteiger partial charge >= 0.3 is 5.97 Å². The molecule has 1 atom stereocenters. The SMILES string of the molecule is CC(C)(CC(O)c1c(F)cc(F)cc1F)C(=O)O. The Balaban J connectivity index is 3.05. The van der Waals surface area contributed by atoms with Crippen molar-refractivity contribution in [3.8, 4) is 0 Å². The maximum atomic E-state index is 13.4. The van der Waals surface area contributed by atoms with Crippen LogP contribution in [0.25, 0.3) is 0 Å². The van der Waals surface area contributed by atoms with Crippen molar-refractivity contribution >= 4 is 5.97 Å². The van der Waals surface area contributed by atoms with Crippen LogP contribution in [0.4, 0.5) is 13.2 Å². The molecule has 1 aromatic carbocycles. The molecule has 0 aromatic heterocycles. The van der Waals surface area contributed by atoms with E-state index in [9.17, 15) is 23.1 Å². The number of rotatable bonds is 4. The molecule has 0 spiro atoms. The first-order chi connectivity index (χ1) is 8.15. The van der Waals surface area contributed by atoms with Gasteiger partial charge in [-0.1, -0.05) is 0 Å². The van der Waals surface area contributed by atoms with Gasteiger partial charge in [-0.05, 0) is 20.3 Å². The van der Waals surface area contributed by atoms with Gasteiger partial charge in [0.1, 0.15) is 17.5 Å². The Morgan fingerprint density at radius 1 is 1.28 bits per heavy atom. The third kappa shape index (κ3) is 3.01. The fraction of sp³-hybridized carbons (Fsp3) is 0.417. The van der Waals surface area contributed by atoms with Crippen molar-refractivity contribution in [2.75, 3.05) is 0 Å². The molecule has 100 valence electrons. The molecule has 0 aliphatic heterocycles. The van der Waals surface area contributed by atoms with Crippen LogP contribution in [0.5, 0.6) is 0 Å². The monoisotopic (exact) mass is 262 g/mol. The lowest BCUT2D eigenvalue weighted by molar-refractivity contribution is -0.148. The van der Waals surface area contributed by atoms with Gasteiger partial charge in [0.15, 0.2) is 0 Å². The molecule has 2 N–H and O–H groups in total. The number of aliphatic hydroxyl groups excluding tert-OH is 1. The van der Waals surface area contributed by atoms with Crippen LogP contribution in [0.15, 0.2) is 12.1 Å². The molecule has 0 amide bonds. The summed E-state index contributed by atoms with van der Waals surface area (Å²) in [6.45, 7) is 2.63. The van der Waals surface area contributed by atoms with Gasteiger partial charge in [-0.15, -0.1) is 0 Å². The summed E-state index contributed by atoms with van der Waals surface area (Å²) in [5, 5.41) is 18.6. The highest BCUT2D eigenvalue weighted by Gasteiger charge is 2.32. The van der Waals surface area contributed by atoms with Gasteiger partial charge in [-0.2, -0.15) is 0 Å². The van der Waals surface area contributed by atoms with Crippen molar-refractivity contribution in [3.05, 3.63) is 35.1 Å². The summed E-state index contributed by atoms with van der Waals surface area (Å²) in [5.74, 6) is -4.77. The number of carbonyl (C=O) groups is 1. The lowest BCUT2D eigenvalue weighted by Gasteiger charge is -2.23. The summed E-state index contributed by atoms with van der Waals surface area (Å²) in [7, 11) is 0. The van der Waals surface area contributed by atoms with Gasteiger partial charge in [0.2, 0.25) is 0 Å². The van der Waals surface area contributed by atoms with E-state index in [1.807, 2.05) is 0 Å². The molecule has 0 radical (unpaired) electrons. The Hall–Kier alpha value is -1.56. The normalized spacial score (nSPS) is 13.4. The molecule has 6 heteroatoms. The molecule has 0 aliphatic rings. The largest absolute Gasteiger partial charge is 0.481 e. The average Bonchev–Trinajstić information content (AvgIpc) is 2.13. The van der Waals surface area contributed by atoms with Crippen LogP contribution in [-0.4, -0.2) is 16.2 Å². The minimum absolute atomic E-state index is 0.387. The van der Waals surface area contributed by atoms with E-state index < -0.39 is 40.5 Å². The van der Waals surface area contributed by atoms with Crippen LogP contribution in [0, 0.1) is 22.9 Å². The van der Waals surface area contributed by atoms with Crippen molar-refractivity contribution in [1.29, 1.82) is 0 Å². The summed E-state index contributed by atoms with van der Waals surface area (Å²) in [5.41, 5.74) is -2.07. The second-order valence-electron chi connectivity index (χ2n) is 4.69. The summed E-state index contributed by atoms with van der Waals surface area (Å²) in [4.78, 5) is 10.9. The van der Waals surface area contributed by atoms with Gasteiger partial charge < -0.3 is 10.2 Å². The fourth-order valence-electron chi connectivity index (χ4n) is 1.54. The van der Waals surface area contributed by atoms with Crippen LogP contribution in [-0.2, 0) is 4.79 Å². The minimum atomic E-state index is -1.66. The molecule has 1 aromatic rings. The first kappa shape index (κ1) is 14.5. The topological polar surface area (TPSA) is 57.5 Å². The zero-order valence-electron chi connectivity index (χ0n) is 9.88. The van der Waals surface area contributed by atoms with Crippen molar-refractivity contribution in [2.24, 2.45) is 5.41 Å². The summed E-state index contributed by atoms with van der Waals surface area (Å²) in [6, 6.07) is 0.880. The second kappa shape index (κ2) is 4.97. The lowest BCUT2D eigenvalue weighted by Crippen LogP contribution is -2.26. The Labute approximate surface area is 102 Å².